The molecule has 0 aliphatic rings. The SMILES string of the molecule is NCC[C@H](N)c1c(Br)ccc(N)c1O. The summed E-state index contributed by atoms with van der Waals surface area (Å²) in [5.41, 5.74) is 17.8. The number of hydrogen-bond acceptors (Lipinski definition) is 4. The zero-order valence-corrected chi connectivity index (χ0v) is 9.29. The van der Waals surface area contributed by atoms with Gasteiger partial charge >= 0.3 is 0 Å². The van der Waals surface area contributed by atoms with Crippen LogP contribution >= 0.6 is 15.9 Å². The minimum atomic E-state index is -0.294. The standard InChI is InChI=1S/C9H14BrN3O/c10-5-1-2-7(13)9(14)8(5)6(12)3-4-11/h1-2,6,14H,3-4,11-13H2/t6-/m0/s1. The van der Waals surface area contributed by atoms with Gasteiger partial charge in [0.15, 0.2) is 0 Å². The number of anilines is 1. The van der Waals surface area contributed by atoms with Crippen LogP contribution in [0.25, 0.3) is 0 Å². The molecule has 0 aliphatic heterocycles. The summed E-state index contributed by atoms with van der Waals surface area (Å²) in [6.45, 7) is 0.474. The summed E-state index contributed by atoms with van der Waals surface area (Å²) in [6.07, 6.45) is 0.607. The summed E-state index contributed by atoms with van der Waals surface area (Å²) in [7, 11) is 0. The Labute approximate surface area is 91.2 Å². The Bertz CT molecular complexity index is 330. The van der Waals surface area contributed by atoms with Crippen molar-refractivity contribution >= 4 is 21.6 Å². The van der Waals surface area contributed by atoms with Crippen molar-refractivity contribution in [2.45, 2.75) is 12.5 Å². The van der Waals surface area contributed by atoms with Crippen LogP contribution in [-0.2, 0) is 0 Å². The fourth-order valence-corrected chi connectivity index (χ4v) is 1.89. The fourth-order valence-electron chi connectivity index (χ4n) is 1.28. The molecule has 0 unspecified atom stereocenters. The Kier molecular flexibility index (Phi) is 3.74. The van der Waals surface area contributed by atoms with Gasteiger partial charge in [-0.15, -0.1) is 0 Å². The third-order valence-corrected chi connectivity index (χ3v) is 2.74. The van der Waals surface area contributed by atoms with Crippen LogP contribution in [0.4, 0.5) is 5.69 Å². The second-order valence-corrected chi connectivity index (χ2v) is 3.94. The summed E-state index contributed by atoms with van der Waals surface area (Å²) in [5.74, 6) is 0.0420. The van der Waals surface area contributed by atoms with E-state index < -0.39 is 0 Å². The Hall–Kier alpha value is -0.780. The number of phenolic OH excluding ortho intramolecular Hbond substituents is 1. The Morgan fingerprint density at radius 2 is 2.07 bits per heavy atom. The summed E-state index contributed by atoms with van der Waals surface area (Å²) < 4.78 is 0.755. The molecule has 0 saturated heterocycles. The lowest BCUT2D eigenvalue weighted by Gasteiger charge is -2.15. The van der Waals surface area contributed by atoms with Gasteiger partial charge in [-0.25, -0.2) is 0 Å². The Balaban J connectivity index is 3.11. The van der Waals surface area contributed by atoms with Gasteiger partial charge in [0, 0.05) is 16.1 Å². The lowest BCUT2D eigenvalue weighted by atomic mass is 10.0. The highest BCUT2D eigenvalue weighted by Crippen LogP contribution is 2.36. The number of rotatable bonds is 3. The van der Waals surface area contributed by atoms with Crippen molar-refractivity contribution in [3.63, 3.8) is 0 Å². The van der Waals surface area contributed by atoms with Gasteiger partial charge in [0.2, 0.25) is 0 Å². The predicted molar refractivity (Wildman–Crippen MR) is 60.8 cm³/mol. The molecule has 0 spiro atoms. The molecule has 1 aromatic rings. The molecule has 0 saturated carbocycles. The first-order chi connectivity index (χ1) is 6.57. The van der Waals surface area contributed by atoms with E-state index in [4.69, 9.17) is 17.2 Å². The van der Waals surface area contributed by atoms with Gasteiger partial charge in [0.1, 0.15) is 5.75 Å². The van der Waals surface area contributed by atoms with Crippen molar-refractivity contribution in [2.24, 2.45) is 11.5 Å². The fraction of sp³-hybridized carbons (Fsp3) is 0.333. The molecule has 4 nitrogen and oxygen atoms in total. The normalized spacial score (nSPS) is 12.8. The molecule has 0 aromatic heterocycles. The van der Waals surface area contributed by atoms with Crippen LogP contribution in [0.1, 0.15) is 18.0 Å². The van der Waals surface area contributed by atoms with Crippen molar-refractivity contribution in [2.75, 3.05) is 12.3 Å². The molecule has 78 valence electrons. The number of phenols is 1. The van der Waals surface area contributed by atoms with Crippen molar-refractivity contribution < 1.29 is 5.11 Å². The predicted octanol–water partition coefficient (Wildman–Crippen LogP) is 1.09. The van der Waals surface area contributed by atoms with E-state index in [0.29, 0.717) is 24.2 Å². The van der Waals surface area contributed by atoms with E-state index in [1.807, 2.05) is 0 Å². The summed E-state index contributed by atoms with van der Waals surface area (Å²) >= 11 is 3.32. The second-order valence-electron chi connectivity index (χ2n) is 3.08. The maximum atomic E-state index is 9.70. The minimum absolute atomic E-state index is 0.0420. The first kappa shape index (κ1) is 11.3. The molecule has 14 heavy (non-hydrogen) atoms. The number of nitrogen functional groups attached to an aromatic ring is 1. The Morgan fingerprint density at radius 1 is 1.43 bits per heavy atom. The summed E-state index contributed by atoms with van der Waals surface area (Å²) in [6, 6.07) is 3.09. The number of halogens is 1. The van der Waals surface area contributed by atoms with Crippen molar-refractivity contribution in [1.29, 1.82) is 0 Å². The quantitative estimate of drug-likeness (QED) is 0.483. The van der Waals surface area contributed by atoms with Crippen LogP contribution in [-0.4, -0.2) is 11.7 Å². The van der Waals surface area contributed by atoms with Crippen LogP contribution in [0.2, 0.25) is 0 Å². The summed E-state index contributed by atoms with van der Waals surface area (Å²) in [4.78, 5) is 0. The van der Waals surface area contributed by atoms with Gasteiger partial charge in [-0.3, -0.25) is 0 Å². The molecule has 0 bridgehead atoms. The van der Waals surface area contributed by atoms with E-state index in [1.54, 1.807) is 12.1 Å². The van der Waals surface area contributed by atoms with Crippen LogP contribution in [0.5, 0.6) is 5.75 Å². The molecule has 1 rings (SSSR count). The van der Waals surface area contributed by atoms with E-state index in [2.05, 4.69) is 15.9 Å². The van der Waals surface area contributed by atoms with Crippen LogP contribution in [0, 0.1) is 0 Å². The molecule has 0 radical (unpaired) electrons. The molecular weight excluding hydrogens is 246 g/mol. The summed E-state index contributed by atoms with van der Waals surface area (Å²) in [5, 5.41) is 9.70. The average molecular weight is 260 g/mol. The molecule has 0 amide bonds. The molecular formula is C9H14BrN3O. The largest absolute Gasteiger partial charge is 0.505 e. The Morgan fingerprint density at radius 3 is 2.64 bits per heavy atom. The lowest BCUT2D eigenvalue weighted by Crippen LogP contribution is -2.16. The lowest BCUT2D eigenvalue weighted by molar-refractivity contribution is 0.461. The monoisotopic (exact) mass is 259 g/mol. The number of nitrogens with two attached hydrogens (primary N) is 3. The zero-order chi connectivity index (χ0) is 10.7. The highest BCUT2D eigenvalue weighted by molar-refractivity contribution is 9.10. The van der Waals surface area contributed by atoms with Gasteiger partial charge < -0.3 is 22.3 Å². The van der Waals surface area contributed by atoms with Crippen molar-refractivity contribution in [3.8, 4) is 5.75 Å². The molecule has 0 heterocycles. The van der Waals surface area contributed by atoms with Crippen molar-refractivity contribution in [3.05, 3.63) is 22.2 Å². The second kappa shape index (κ2) is 4.63. The van der Waals surface area contributed by atoms with E-state index in [9.17, 15) is 5.11 Å². The van der Waals surface area contributed by atoms with E-state index in [1.165, 1.54) is 0 Å². The minimum Gasteiger partial charge on any atom is -0.505 e. The molecule has 1 aromatic carbocycles. The van der Waals surface area contributed by atoms with Gasteiger partial charge in [0.05, 0.1) is 5.69 Å². The third kappa shape index (κ3) is 2.17. The first-order valence-corrected chi connectivity index (χ1v) is 5.09. The van der Waals surface area contributed by atoms with E-state index >= 15 is 0 Å². The highest BCUT2D eigenvalue weighted by atomic mass is 79.9. The highest BCUT2D eigenvalue weighted by Gasteiger charge is 2.15. The number of aromatic hydroxyl groups is 1. The van der Waals surface area contributed by atoms with Gasteiger partial charge in [-0.2, -0.15) is 0 Å². The van der Waals surface area contributed by atoms with Crippen LogP contribution in [0.3, 0.4) is 0 Å². The smallest absolute Gasteiger partial charge is 0.144 e. The van der Waals surface area contributed by atoms with E-state index in [-0.39, 0.29) is 11.8 Å². The zero-order valence-electron chi connectivity index (χ0n) is 7.70. The molecule has 1 atom stereocenters. The van der Waals surface area contributed by atoms with E-state index in [0.717, 1.165) is 4.47 Å². The van der Waals surface area contributed by atoms with Gasteiger partial charge in [0.25, 0.3) is 0 Å². The first-order valence-electron chi connectivity index (χ1n) is 4.30. The maximum absolute atomic E-state index is 9.70. The average Bonchev–Trinajstić information content (AvgIpc) is 2.13. The van der Waals surface area contributed by atoms with Gasteiger partial charge in [-0.1, -0.05) is 15.9 Å². The topological polar surface area (TPSA) is 98.3 Å². The van der Waals surface area contributed by atoms with Crippen LogP contribution < -0.4 is 17.2 Å². The van der Waals surface area contributed by atoms with Crippen molar-refractivity contribution in [1.82, 2.24) is 0 Å². The van der Waals surface area contributed by atoms with Gasteiger partial charge in [-0.05, 0) is 25.1 Å². The molecule has 7 N–H and O–H groups in total. The molecule has 0 aliphatic carbocycles. The molecule has 5 heteroatoms. The van der Waals surface area contributed by atoms with Crippen LogP contribution in [0.15, 0.2) is 16.6 Å². The molecule has 0 fully saturated rings. The maximum Gasteiger partial charge on any atom is 0.144 e. The number of benzene rings is 1. The number of hydrogen-bond donors (Lipinski definition) is 4. The third-order valence-electron chi connectivity index (χ3n) is 2.04.